The zero-order chi connectivity index (χ0) is 16.4. The van der Waals surface area contributed by atoms with Gasteiger partial charge >= 0.3 is 0 Å². The molecule has 3 rings (SSSR count). The van der Waals surface area contributed by atoms with Gasteiger partial charge in [0.05, 0.1) is 0 Å². The van der Waals surface area contributed by atoms with Crippen LogP contribution in [-0.2, 0) is 6.54 Å². The predicted molar refractivity (Wildman–Crippen MR) is 91.2 cm³/mol. The lowest BCUT2D eigenvalue weighted by atomic mass is 10.1. The van der Waals surface area contributed by atoms with Gasteiger partial charge in [-0.05, 0) is 44.2 Å². The monoisotopic (exact) mass is 360 g/mol. The molecule has 124 valence electrons. The van der Waals surface area contributed by atoms with E-state index in [0.717, 1.165) is 22.6 Å². The summed E-state index contributed by atoms with van der Waals surface area (Å²) < 4.78 is 3.97. The first-order chi connectivity index (χ1) is 11.1. The van der Waals surface area contributed by atoms with Crippen LogP contribution in [0.5, 0.6) is 0 Å². The van der Waals surface area contributed by atoms with Crippen molar-refractivity contribution < 1.29 is 21.8 Å². The van der Waals surface area contributed by atoms with Crippen molar-refractivity contribution in [2.45, 2.75) is 20.4 Å². The zero-order valence-electron chi connectivity index (χ0n) is 13.5. The molecule has 0 saturated carbocycles. The van der Waals surface area contributed by atoms with E-state index < -0.39 is 0 Å². The Balaban J connectivity index is 0.00000208. The molecule has 0 saturated heterocycles. The zero-order valence-corrected chi connectivity index (χ0v) is 15.1. The minimum atomic E-state index is 0. The number of carbonyl (C=O) groups is 1. The van der Waals surface area contributed by atoms with Crippen LogP contribution in [0.4, 0.5) is 0 Å². The lowest BCUT2D eigenvalue weighted by Gasteiger charge is -2.09. The van der Waals surface area contributed by atoms with E-state index in [4.69, 9.17) is 11.6 Å². The number of nitrogens with zero attached hydrogens (tertiary/aromatic N) is 2. The van der Waals surface area contributed by atoms with Crippen LogP contribution in [0.25, 0.3) is 5.69 Å². The van der Waals surface area contributed by atoms with Crippen molar-refractivity contribution in [2.24, 2.45) is 0 Å². The standard InChI is InChI=1S/C19H18ClN2O.ClH/c1-14-12-18(19(23)13-21-10-4-3-5-11-21)15(2)22(14)17-8-6-16(20)7-9-17;/h3-12H,13H2,1-2H3;1H/q+1;/p-1. The smallest absolute Gasteiger partial charge is 0.229 e. The molecule has 2 aromatic heterocycles. The number of halogens is 2. The van der Waals surface area contributed by atoms with E-state index in [1.54, 1.807) is 0 Å². The van der Waals surface area contributed by atoms with Gasteiger partial charge in [-0.25, -0.2) is 0 Å². The van der Waals surface area contributed by atoms with Gasteiger partial charge in [-0.3, -0.25) is 4.79 Å². The Morgan fingerprint density at radius 2 is 1.71 bits per heavy atom. The molecule has 24 heavy (non-hydrogen) atoms. The molecule has 5 heteroatoms. The van der Waals surface area contributed by atoms with E-state index in [1.807, 2.05) is 79.3 Å². The predicted octanol–water partition coefficient (Wildman–Crippen LogP) is 0.922. The molecular weight excluding hydrogens is 343 g/mol. The van der Waals surface area contributed by atoms with Gasteiger partial charge in [0.15, 0.2) is 12.4 Å². The fourth-order valence-corrected chi connectivity index (χ4v) is 2.95. The third-order valence-electron chi connectivity index (χ3n) is 3.92. The summed E-state index contributed by atoms with van der Waals surface area (Å²) in [4.78, 5) is 12.6. The maximum absolute atomic E-state index is 12.6. The second-order valence-electron chi connectivity index (χ2n) is 5.57. The largest absolute Gasteiger partial charge is 1.00 e. The van der Waals surface area contributed by atoms with Gasteiger partial charge in [0.1, 0.15) is 0 Å². The molecule has 0 amide bonds. The highest BCUT2D eigenvalue weighted by molar-refractivity contribution is 6.30. The van der Waals surface area contributed by atoms with Crippen LogP contribution in [0.15, 0.2) is 60.9 Å². The average Bonchev–Trinajstić information content (AvgIpc) is 2.84. The van der Waals surface area contributed by atoms with Gasteiger partial charge in [-0.2, -0.15) is 4.57 Å². The van der Waals surface area contributed by atoms with Crippen molar-refractivity contribution >= 4 is 17.4 Å². The van der Waals surface area contributed by atoms with Crippen LogP contribution in [0.2, 0.25) is 5.02 Å². The molecular formula is C19H18Cl2N2O. The van der Waals surface area contributed by atoms with Crippen LogP contribution < -0.4 is 17.0 Å². The first-order valence-electron chi connectivity index (χ1n) is 7.48. The molecule has 3 nitrogen and oxygen atoms in total. The van der Waals surface area contributed by atoms with Gasteiger partial charge in [0.2, 0.25) is 12.3 Å². The van der Waals surface area contributed by atoms with Gasteiger partial charge in [0.25, 0.3) is 0 Å². The number of ketones is 1. The third kappa shape index (κ3) is 3.69. The number of rotatable bonds is 4. The number of carbonyl (C=O) groups excluding carboxylic acids is 1. The summed E-state index contributed by atoms with van der Waals surface area (Å²) in [5, 5.41) is 0.702. The van der Waals surface area contributed by atoms with Gasteiger partial charge < -0.3 is 17.0 Å². The Kier molecular flexibility index (Phi) is 5.81. The number of pyridine rings is 1. The third-order valence-corrected chi connectivity index (χ3v) is 4.17. The van der Waals surface area contributed by atoms with Crippen molar-refractivity contribution in [1.82, 2.24) is 4.57 Å². The molecule has 0 aliphatic heterocycles. The van der Waals surface area contributed by atoms with Crippen LogP contribution in [-0.4, -0.2) is 10.4 Å². The van der Waals surface area contributed by atoms with Crippen LogP contribution in [0, 0.1) is 13.8 Å². The number of hydrogen-bond donors (Lipinski definition) is 0. The van der Waals surface area contributed by atoms with E-state index in [2.05, 4.69) is 4.57 Å². The quantitative estimate of drug-likeness (QED) is 0.501. The molecule has 0 aliphatic rings. The number of aryl methyl sites for hydroxylation is 1. The van der Waals surface area contributed by atoms with E-state index in [9.17, 15) is 4.79 Å². The highest BCUT2D eigenvalue weighted by atomic mass is 35.5. The number of benzene rings is 1. The second-order valence-corrected chi connectivity index (χ2v) is 6.00. The molecule has 2 heterocycles. The van der Waals surface area contributed by atoms with Gasteiger partial charge in [-0.1, -0.05) is 17.7 Å². The van der Waals surface area contributed by atoms with E-state index in [0.29, 0.717) is 11.6 Å². The Morgan fingerprint density at radius 3 is 2.33 bits per heavy atom. The maximum Gasteiger partial charge on any atom is 0.229 e. The first-order valence-corrected chi connectivity index (χ1v) is 7.86. The van der Waals surface area contributed by atoms with Crippen LogP contribution in [0.3, 0.4) is 0 Å². The summed E-state index contributed by atoms with van der Waals surface area (Å²) in [6.45, 7) is 4.32. The van der Waals surface area contributed by atoms with Crippen molar-refractivity contribution in [3.8, 4) is 5.69 Å². The van der Waals surface area contributed by atoms with Crippen molar-refractivity contribution in [1.29, 1.82) is 0 Å². The highest BCUT2D eigenvalue weighted by Gasteiger charge is 2.19. The van der Waals surface area contributed by atoms with Crippen molar-refractivity contribution in [3.05, 3.63) is 82.9 Å². The summed E-state index contributed by atoms with van der Waals surface area (Å²) in [6.07, 6.45) is 3.80. The van der Waals surface area contributed by atoms with E-state index >= 15 is 0 Å². The summed E-state index contributed by atoms with van der Waals surface area (Å²) >= 11 is 5.96. The second kappa shape index (κ2) is 7.65. The molecule has 0 N–H and O–H groups in total. The van der Waals surface area contributed by atoms with Gasteiger partial charge in [-0.15, -0.1) is 0 Å². The summed E-state index contributed by atoms with van der Waals surface area (Å²) in [5.74, 6) is 0.106. The molecule has 0 unspecified atom stereocenters. The molecule has 0 atom stereocenters. The topological polar surface area (TPSA) is 25.9 Å². The number of aromatic nitrogens is 2. The van der Waals surface area contributed by atoms with Crippen LogP contribution in [0.1, 0.15) is 21.7 Å². The number of hydrogen-bond acceptors (Lipinski definition) is 1. The van der Waals surface area contributed by atoms with Crippen LogP contribution >= 0.6 is 11.6 Å². The summed E-state index contributed by atoms with van der Waals surface area (Å²) in [5.41, 5.74) is 3.75. The molecule has 0 spiro atoms. The summed E-state index contributed by atoms with van der Waals surface area (Å²) in [7, 11) is 0. The SMILES string of the molecule is Cc1cc(C(=O)C[n+]2ccccc2)c(C)n1-c1ccc(Cl)cc1.[Cl-]. The molecule has 0 aliphatic carbocycles. The fourth-order valence-electron chi connectivity index (χ4n) is 2.82. The Bertz CT molecular complexity index is 840. The minimum Gasteiger partial charge on any atom is -1.00 e. The van der Waals surface area contributed by atoms with Gasteiger partial charge in [0, 0.05) is 39.8 Å². The Morgan fingerprint density at radius 1 is 1.08 bits per heavy atom. The highest BCUT2D eigenvalue weighted by Crippen LogP contribution is 2.22. The maximum atomic E-state index is 12.6. The molecule has 0 fully saturated rings. The lowest BCUT2D eigenvalue weighted by Crippen LogP contribution is -3.00. The minimum absolute atomic E-state index is 0. The molecule has 1 aromatic carbocycles. The molecule has 3 aromatic rings. The lowest BCUT2D eigenvalue weighted by molar-refractivity contribution is -0.683. The normalized spacial score (nSPS) is 10.3. The summed E-state index contributed by atoms with van der Waals surface area (Å²) in [6, 6.07) is 15.4. The average molecular weight is 361 g/mol. The number of Topliss-reactive ketones (excluding diaryl/α,β-unsaturated/α-hetero) is 1. The Labute approximate surface area is 152 Å². The Hall–Kier alpha value is -2.10. The fraction of sp³-hybridized carbons (Fsp3) is 0.158. The molecule has 0 bridgehead atoms. The van der Waals surface area contributed by atoms with Crippen molar-refractivity contribution in [3.63, 3.8) is 0 Å². The van der Waals surface area contributed by atoms with Crippen molar-refractivity contribution in [2.75, 3.05) is 0 Å². The van der Waals surface area contributed by atoms with E-state index in [-0.39, 0.29) is 18.2 Å². The van der Waals surface area contributed by atoms with E-state index in [1.165, 1.54) is 0 Å². The molecule has 0 radical (unpaired) electrons. The first kappa shape index (κ1) is 18.2.